The van der Waals surface area contributed by atoms with Crippen LogP contribution in [0.25, 0.3) is 11.5 Å². The largest absolute Gasteiger partial charge is 0.497 e. The number of carbonyl (C=O) groups is 1. The maximum Gasteiger partial charge on any atom is 0.276 e. The smallest absolute Gasteiger partial charge is 0.276 e. The Hall–Kier alpha value is -2.32. The van der Waals surface area contributed by atoms with Crippen LogP contribution in [-0.4, -0.2) is 29.0 Å². The summed E-state index contributed by atoms with van der Waals surface area (Å²) < 4.78 is 11.7. The van der Waals surface area contributed by atoms with E-state index >= 15 is 0 Å². The zero-order chi connectivity index (χ0) is 18.4. The molecule has 0 fully saturated rings. The van der Waals surface area contributed by atoms with Crippen molar-refractivity contribution in [3.05, 3.63) is 53.0 Å². The third-order valence-corrected chi connectivity index (χ3v) is 4.72. The van der Waals surface area contributed by atoms with Crippen molar-refractivity contribution in [2.75, 3.05) is 18.2 Å². The molecule has 0 saturated carbocycles. The highest BCUT2D eigenvalue weighted by Gasteiger charge is 2.10. The van der Waals surface area contributed by atoms with Gasteiger partial charge in [0.2, 0.25) is 11.8 Å². The highest BCUT2D eigenvalue weighted by Crippen LogP contribution is 2.25. The van der Waals surface area contributed by atoms with E-state index in [2.05, 4.69) is 31.4 Å². The predicted octanol–water partition coefficient (Wildman–Crippen LogP) is 4.63. The number of methoxy groups -OCH3 is 1. The molecule has 1 aromatic heterocycles. The lowest BCUT2D eigenvalue weighted by Gasteiger charge is -2.05. The minimum atomic E-state index is -0.0746. The van der Waals surface area contributed by atoms with E-state index in [-0.39, 0.29) is 5.91 Å². The summed E-state index contributed by atoms with van der Waals surface area (Å²) in [6.07, 6.45) is 0.339. The van der Waals surface area contributed by atoms with Crippen LogP contribution in [0.5, 0.6) is 5.75 Å². The monoisotopic (exact) mass is 433 g/mol. The van der Waals surface area contributed by atoms with Crippen LogP contribution in [-0.2, 0) is 4.79 Å². The summed E-state index contributed by atoms with van der Waals surface area (Å²) in [6, 6.07) is 14.8. The van der Waals surface area contributed by atoms with Crippen LogP contribution in [0.3, 0.4) is 0 Å². The first-order valence-corrected chi connectivity index (χ1v) is 9.58. The van der Waals surface area contributed by atoms with E-state index < -0.39 is 0 Å². The summed E-state index contributed by atoms with van der Waals surface area (Å²) in [5.41, 5.74) is 1.58. The lowest BCUT2D eigenvalue weighted by Crippen LogP contribution is -2.12. The Balaban J connectivity index is 1.48. The maximum atomic E-state index is 12.0. The molecule has 0 aliphatic heterocycles. The van der Waals surface area contributed by atoms with E-state index in [0.29, 0.717) is 23.3 Å². The number of nitrogens with zero attached hydrogens (tertiary/aromatic N) is 2. The summed E-state index contributed by atoms with van der Waals surface area (Å²) in [4.78, 5) is 12.0. The maximum absolute atomic E-state index is 12.0. The summed E-state index contributed by atoms with van der Waals surface area (Å²) in [5.74, 6) is 1.67. The van der Waals surface area contributed by atoms with Crippen molar-refractivity contribution in [2.24, 2.45) is 0 Å². The minimum absolute atomic E-state index is 0.0746. The molecule has 0 aliphatic rings. The number of anilines is 1. The Labute approximate surface area is 163 Å². The summed E-state index contributed by atoms with van der Waals surface area (Å²) in [7, 11) is 1.60. The first-order chi connectivity index (χ1) is 12.6. The SMILES string of the molecule is COc1ccc(NC(=O)CCSc2nnc(-c3cccc(Br)c3)o2)cc1. The number of amides is 1. The Morgan fingerprint density at radius 3 is 2.77 bits per heavy atom. The number of thioether (sulfide) groups is 1. The van der Waals surface area contributed by atoms with E-state index in [1.165, 1.54) is 11.8 Å². The number of nitrogens with one attached hydrogen (secondary N) is 1. The van der Waals surface area contributed by atoms with Gasteiger partial charge in [0.05, 0.1) is 7.11 Å². The van der Waals surface area contributed by atoms with Crippen LogP contribution in [0.2, 0.25) is 0 Å². The van der Waals surface area contributed by atoms with Gasteiger partial charge in [-0.25, -0.2) is 0 Å². The van der Waals surface area contributed by atoms with Crippen molar-refractivity contribution in [1.82, 2.24) is 10.2 Å². The van der Waals surface area contributed by atoms with Crippen molar-refractivity contribution < 1.29 is 13.9 Å². The zero-order valence-corrected chi connectivity index (χ0v) is 16.3. The third-order valence-electron chi connectivity index (χ3n) is 3.41. The second-order valence-corrected chi connectivity index (χ2v) is 7.22. The highest BCUT2D eigenvalue weighted by molar-refractivity contribution is 9.10. The van der Waals surface area contributed by atoms with Crippen LogP contribution in [0.15, 0.2) is 62.6 Å². The van der Waals surface area contributed by atoms with E-state index in [0.717, 1.165) is 21.5 Å². The first-order valence-electron chi connectivity index (χ1n) is 7.80. The van der Waals surface area contributed by atoms with E-state index in [1.54, 1.807) is 31.4 Å². The number of ether oxygens (including phenoxy) is 1. The van der Waals surface area contributed by atoms with Crippen LogP contribution in [0.4, 0.5) is 5.69 Å². The van der Waals surface area contributed by atoms with E-state index in [4.69, 9.17) is 9.15 Å². The first kappa shape index (κ1) is 18.5. The molecule has 1 N–H and O–H groups in total. The van der Waals surface area contributed by atoms with Gasteiger partial charge in [0.15, 0.2) is 0 Å². The lowest BCUT2D eigenvalue weighted by molar-refractivity contribution is -0.115. The van der Waals surface area contributed by atoms with Gasteiger partial charge in [-0.05, 0) is 42.5 Å². The van der Waals surface area contributed by atoms with Gasteiger partial charge >= 0.3 is 0 Å². The molecule has 134 valence electrons. The normalized spacial score (nSPS) is 10.5. The summed E-state index contributed by atoms with van der Waals surface area (Å²) in [5, 5.41) is 11.3. The predicted molar refractivity (Wildman–Crippen MR) is 104 cm³/mol. The quantitative estimate of drug-likeness (QED) is 0.547. The van der Waals surface area contributed by atoms with Crippen molar-refractivity contribution >= 4 is 39.3 Å². The third kappa shape index (κ3) is 5.09. The molecule has 0 bridgehead atoms. The number of aromatic nitrogens is 2. The van der Waals surface area contributed by atoms with Gasteiger partial charge in [-0.1, -0.05) is 33.8 Å². The number of carbonyl (C=O) groups excluding carboxylic acids is 1. The number of halogens is 1. The van der Waals surface area contributed by atoms with Gasteiger partial charge < -0.3 is 14.5 Å². The Morgan fingerprint density at radius 1 is 1.23 bits per heavy atom. The van der Waals surface area contributed by atoms with E-state index in [1.807, 2.05) is 24.3 Å². The Bertz CT molecular complexity index is 883. The minimum Gasteiger partial charge on any atom is -0.497 e. The molecule has 0 atom stereocenters. The molecule has 1 amide bonds. The second-order valence-electron chi connectivity index (χ2n) is 5.26. The van der Waals surface area contributed by atoms with Crippen LogP contribution >= 0.6 is 27.7 Å². The molecule has 26 heavy (non-hydrogen) atoms. The average Bonchev–Trinajstić information content (AvgIpc) is 3.11. The van der Waals surface area contributed by atoms with Crippen molar-refractivity contribution in [2.45, 2.75) is 11.6 Å². The standard InChI is InChI=1S/C18H16BrN3O3S/c1-24-15-7-5-14(6-8-15)20-16(23)9-10-26-18-22-21-17(25-18)12-3-2-4-13(19)11-12/h2-8,11H,9-10H2,1H3,(H,20,23). The number of rotatable bonds is 7. The van der Waals surface area contributed by atoms with Crippen LogP contribution in [0, 0.1) is 0 Å². The van der Waals surface area contributed by atoms with E-state index in [9.17, 15) is 4.79 Å². The molecule has 1 heterocycles. The van der Waals surface area contributed by atoms with Gasteiger partial charge in [0.1, 0.15) is 5.75 Å². The summed E-state index contributed by atoms with van der Waals surface area (Å²) in [6.45, 7) is 0. The van der Waals surface area contributed by atoms with Crippen molar-refractivity contribution in [1.29, 1.82) is 0 Å². The number of benzene rings is 2. The number of hydrogen-bond acceptors (Lipinski definition) is 6. The fourth-order valence-corrected chi connectivity index (χ4v) is 3.23. The zero-order valence-electron chi connectivity index (χ0n) is 13.9. The molecule has 8 heteroatoms. The molecule has 0 radical (unpaired) electrons. The molecular weight excluding hydrogens is 418 g/mol. The van der Waals surface area contributed by atoms with Gasteiger partial charge in [-0.2, -0.15) is 0 Å². The molecule has 0 aliphatic carbocycles. The van der Waals surface area contributed by atoms with Crippen LogP contribution < -0.4 is 10.1 Å². The molecule has 2 aromatic carbocycles. The molecule has 6 nitrogen and oxygen atoms in total. The van der Waals surface area contributed by atoms with Gasteiger partial charge in [0.25, 0.3) is 5.22 Å². The Morgan fingerprint density at radius 2 is 2.04 bits per heavy atom. The van der Waals surface area contributed by atoms with Crippen molar-refractivity contribution in [3.8, 4) is 17.2 Å². The van der Waals surface area contributed by atoms with Gasteiger partial charge in [0, 0.05) is 27.9 Å². The molecule has 0 saturated heterocycles. The molecule has 0 spiro atoms. The number of hydrogen-bond donors (Lipinski definition) is 1. The molecule has 0 unspecified atom stereocenters. The Kier molecular flexibility index (Phi) is 6.30. The molecular formula is C18H16BrN3O3S. The fourth-order valence-electron chi connectivity index (χ4n) is 2.14. The van der Waals surface area contributed by atoms with Crippen molar-refractivity contribution in [3.63, 3.8) is 0 Å². The van der Waals surface area contributed by atoms with Crippen LogP contribution in [0.1, 0.15) is 6.42 Å². The lowest BCUT2D eigenvalue weighted by atomic mass is 10.2. The topological polar surface area (TPSA) is 77.2 Å². The molecule has 3 rings (SSSR count). The highest BCUT2D eigenvalue weighted by atomic mass is 79.9. The second kappa shape index (κ2) is 8.86. The average molecular weight is 434 g/mol. The fraction of sp³-hybridized carbons (Fsp3) is 0.167. The molecule has 3 aromatic rings. The van der Waals surface area contributed by atoms with Gasteiger partial charge in [-0.3, -0.25) is 4.79 Å². The van der Waals surface area contributed by atoms with Gasteiger partial charge in [-0.15, -0.1) is 10.2 Å². The summed E-state index contributed by atoms with van der Waals surface area (Å²) >= 11 is 4.77.